The zero-order valence-corrected chi connectivity index (χ0v) is 28.2. The second-order valence-electron chi connectivity index (χ2n) is 12.7. The number of cyclic esters (lactones) is 1. The SMILES string of the molecule is CCCCCN1C/C=C\CCC(=O)OC[C@H](c2ccccc2)NC(=O)[C@H]2[C@@H]3O[C@@]4(C=C3Br)[C@@H]2C(=O)N(CCCCCCO)[C@@H]4C1=O. The molecule has 0 radical (unpaired) electrons. The summed E-state index contributed by atoms with van der Waals surface area (Å²) in [4.78, 5) is 59.4. The van der Waals surface area contributed by atoms with E-state index >= 15 is 0 Å². The lowest BCUT2D eigenvalue weighted by molar-refractivity contribution is -0.148. The number of benzene rings is 1. The first-order chi connectivity index (χ1) is 22.3. The quantitative estimate of drug-likeness (QED) is 0.202. The van der Waals surface area contributed by atoms with Gasteiger partial charge < -0.3 is 29.7 Å². The Labute approximate surface area is 279 Å². The van der Waals surface area contributed by atoms with Crippen LogP contribution in [0.25, 0.3) is 0 Å². The van der Waals surface area contributed by atoms with Gasteiger partial charge in [0, 0.05) is 37.1 Å². The fourth-order valence-electron chi connectivity index (χ4n) is 7.24. The van der Waals surface area contributed by atoms with Gasteiger partial charge in [-0.1, -0.05) is 91.0 Å². The third kappa shape index (κ3) is 7.11. The van der Waals surface area contributed by atoms with E-state index in [2.05, 4.69) is 28.2 Å². The molecule has 0 aromatic heterocycles. The zero-order chi connectivity index (χ0) is 32.7. The molecule has 0 aliphatic carbocycles. The summed E-state index contributed by atoms with van der Waals surface area (Å²) in [5.74, 6) is -2.98. The summed E-state index contributed by atoms with van der Waals surface area (Å²) in [7, 11) is 0. The van der Waals surface area contributed by atoms with Crippen molar-refractivity contribution in [3.8, 4) is 0 Å². The Bertz CT molecular complexity index is 1320. The van der Waals surface area contributed by atoms with E-state index in [1.165, 1.54) is 0 Å². The molecular weight excluding hydrogens is 654 g/mol. The largest absolute Gasteiger partial charge is 0.463 e. The van der Waals surface area contributed by atoms with Gasteiger partial charge in [-0.3, -0.25) is 19.2 Å². The van der Waals surface area contributed by atoms with Gasteiger partial charge in [0.25, 0.3) is 0 Å². The third-order valence-corrected chi connectivity index (χ3v) is 10.2. The molecule has 250 valence electrons. The van der Waals surface area contributed by atoms with Crippen LogP contribution >= 0.6 is 15.9 Å². The first-order valence-corrected chi connectivity index (χ1v) is 17.5. The smallest absolute Gasteiger partial charge is 0.306 e. The molecule has 10 nitrogen and oxygen atoms in total. The number of aliphatic hydroxyl groups excluding tert-OH is 1. The summed E-state index contributed by atoms with van der Waals surface area (Å²) in [6.45, 7) is 3.38. The predicted molar refractivity (Wildman–Crippen MR) is 175 cm³/mol. The molecule has 0 unspecified atom stereocenters. The Hall–Kier alpha value is -3.02. The van der Waals surface area contributed by atoms with Crippen molar-refractivity contribution in [2.75, 3.05) is 32.8 Å². The van der Waals surface area contributed by atoms with Crippen LogP contribution in [-0.2, 0) is 28.7 Å². The lowest BCUT2D eigenvalue weighted by atomic mass is 9.74. The van der Waals surface area contributed by atoms with Gasteiger partial charge in [-0.05, 0) is 37.3 Å². The summed E-state index contributed by atoms with van der Waals surface area (Å²) in [5.41, 5.74) is -0.520. The fraction of sp³-hybridized carbons (Fsp3) is 0.600. The standard InChI is InChI=1S/C35H46BrN3O7/c1-2-3-11-18-38-19-12-7-10-17-27(41)45-23-26(24-15-8-6-9-16-24)37-32(42)28-29-33(43)39(20-13-4-5-14-21-40)31(34(38)44)35(29)22-25(36)30(28)46-35/h6-9,12,15-16,22,26,28-31,40H,2-5,10-11,13-14,17-21,23H2,1H3,(H,37,42)/b12-7-/t26-,28-,29+,30-,31-,35+/m1/s1. The first-order valence-electron chi connectivity index (χ1n) is 16.7. The number of fused-ring (bicyclic) bond motifs is 2. The topological polar surface area (TPSA) is 125 Å². The number of aliphatic hydroxyl groups is 1. The van der Waals surface area contributed by atoms with Crippen molar-refractivity contribution < 1.29 is 33.8 Å². The van der Waals surface area contributed by atoms with Crippen LogP contribution in [0.1, 0.15) is 76.3 Å². The molecule has 1 aromatic carbocycles. The molecule has 2 fully saturated rings. The van der Waals surface area contributed by atoms with E-state index in [1.54, 1.807) is 9.80 Å². The van der Waals surface area contributed by atoms with E-state index in [-0.39, 0.29) is 43.3 Å². The van der Waals surface area contributed by atoms with Gasteiger partial charge in [-0.2, -0.15) is 0 Å². The van der Waals surface area contributed by atoms with Crippen molar-refractivity contribution in [3.63, 3.8) is 0 Å². The van der Waals surface area contributed by atoms with Crippen molar-refractivity contribution in [1.82, 2.24) is 15.1 Å². The lowest BCUT2D eigenvalue weighted by Crippen LogP contribution is -2.56. The number of hydrogen-bond acceptors (Lipinski definition) is 7. The number of nitrogens with zero attached hydrogens (tertiary/aromatic N) is 2. The minimum Gasteiger partial charge on any atom is -0.463 e. The van der Waals surface area contributed by atoms with Gasteiger partial charge in [-0.25, -0.2) is 0 Å². The second kappa shape index (κ2) is 15.7. The normalized spacial score (nSPS) is 30.7. The Morgan fingerprint density at radius 3 is 2.50 bits per heavy atom. The molecule has 6 atom stereocenters. The highest BCUT2D eigenvalue weighted by atomic mass is 79.9. The maximum atomic E-state index is 14.6. The number of rotatable bonds is 11. The lowest BCUT2D eigenvalue weighted by Gasteiger charge is -2.36. The number of carbonyl (C=O) groups is 4. The van der Waals surface area contributed by atoms with E-state index in [4.69, 9.17) is 9.47 Å². The Morgan fingerprint density at radius 1 is 0.978 bits per heavy atom. The third-order valence-electron chi connectivity index (χ3n) is 9.55. The maximum Gasteiger partial charge on any atom is 0.306 e. The molecule has 5 rings (SSSR count). The molecule has 3 amide bonds. The van der Waals surface area contributed by atoms with Crippen LogP contribution in [0.5, 0.6) is 0 Å². The molecule has 2 N–H and O–H groups in total. The molecule has 11 heteroatoms. The summed E-state index contributed by atoms with van der Waals surface area (Å²) in [6.07, 6.45) is 11.3. The van der Waals surface area contributed by atoms with E-state index in [1.807, 2.05) is 48.6 Å². The number of unbranched alkanes of at least 4 members (excludes halogenated alkanes) is 5. The maximum absolute atomic E-state index is 14.6. The number of hydrogen-bond donors (Lipinski definition) is 2. The summed E-state index contributed by atoms with van der Waals surface area (Å²) in [5, 5.41) is 12.3. The fourth-order valence-corrected chi connectivity index (χ4v) is 7.98. The molecule has 1 aromatic rings. The van der Waals surface area contributed by atoms with Crippen LogP contribution in [0.15, 0.2) is 53.0 Å². The average Bonchev–Trinajstić information content (AvgIpc) is 3.64. The van der Waals surface area contributed by atoms with Crippen molar-refractivity contribution in [2.45, 2.75) is 88.5 Å². The van der Waals surface area contributed by atoms with Crippen molar-refractivity contribution in [2.24, 2.45) is 11.8 Å². The van der Waals surface area contributed by atoms with Crippen LogP contribution < -0.4 is 5.32 Å². The molecular formula is C35H46BrN3O7. The minimum absolute atomic E-state index is 0.0520. The summed E-state index contributed by atoms with van der Waals surface area (Å²) < 4.78 is 12.9. The van der Waals surface area contributed by atoms with Gasteiger partial charge >= 0.3 is 5.97 Å². The van der Waals surface area contributed by atoms with Crippen molar-refractivity contribution >= 4 is 39.6 Å². The number of carbonyl (C=O) groups excluding carboxylic acids is 4. The number of nitrogens with one attached hydrogen (secondary N) is 1. The van der Waals surface area contributed by atoms with Gasteiger partial charge in [0.05, 0.1) is 17.9 Å². The van der Waals surface area contributed by atoms with Crippen molar-refractivity contribution in [3.05, 3.63) is 58.6 Å². The van der Waals surface area contributed by atoms with Gasteiger partial charge in [0.2, 0.25) is 17.7 Å². The van der Waals surface area contributed by atoms with Gasteiger partial charge in [-0.15, -0.1) is 0 Å². The molecule has 5 bridgehead atoms. The van der Waals surface area contributed by atoms with E-state index in [0.29, 0.717) is 43.4 Å². The molecule has 4 aliphatic heterocycles. The van der Waals surface area contributed by atoms with Crippen LogP contribution in [0.4, 0.5) is 0 Å². The second-order valence-corrected chi connectivity index (χ2v) is 13.6. The molecule has 0 saturated carbocycles. The first kappa shape index (κ1) is 34.3. The number of amides is 3. The van der Waals surface area contributed by atoms with Crippen LogP contribution in [0.2, 0.25) is 0 Å². The van der Waals surface area contributed by atoms with Crippen LogP contribution in [0, 0.1) is 11.8 Å². The highest BCUT2D eigenvalue weighted by Gasteiger charge is 2.74. The average molecular weight is 701 g/mol. The number of allylic oxidation sites excluding steroid dienone is 1. The Kier molecular flexibility index (Phi) is 11.7. The molecule has 4 aliphatic rings. The number of esters is 1. The molecule has 1 spiro atoms. The Balaban J connectivity index is 1.53. The monoisotopic (exact) mass is 699 g/mol. The number of likely N-dealkylation sites (tertiary alicyclic amines) is 1. The number of halogens is 1. The predicted octanol–water partition coefficient (Wildman–Crippen LogP) is 4.18. The molecule has 4 heterocycles. The van der Waals surface area contributed by atoms with E-state index in [0.717, 1.165) is 37.7 Å². The summed E-state index contributed by atoms with van der Waals surface area (Å²) >= 11 is 3.63. The van der Waals surface area contributed by atoms with Crippen molar-refractivity contribution in [1.29, 1.82) is 0 Å². The zero-order valence-electron chi connectivity index (χ0n) is 26.6. The molecule has 46 heavy (non-hydrogen) atoms. The van der Waals surface area contributed by atoms with Gasteiger partial charge in [0.1, 0.15) is 24.4 Å². The summed E-state index contributed by atoms with van der Waals surface area (Å²) in [6, 6.07) is 7.75. The van der Waals surface area contributed by atoms with E-state index in [9.17, 15) is 24.3 Å². The number of ether oxygens (including phenoxy) is 2. The highest BCUT2D eigenvalue weighted by molar-refractivity contribution is 9.11. The Morgan fingerprint density at radius 2 is 1.74 bits per heavy atom. The van der Waals surface area contributed by atoms with Gasteiger partial charge in [0.15, 0.2) is 0 Å². The molecule has 2 saturated heterocycles. The van der Waals surface area contributed by atoms with E-state index < -0.39 is 35.6 Å². The highest BCUT2D eigenvalue weighted by Crippen LogP contribution is 2.58. The van der Waals surface area contributed by atoms with Crippen LogP contribution in [0.3, 0.4) is 0 Å². The minimum atomic E-state index is -1.29. The van der Waals surface area contributed by atoms with Crippen LogP contribution in [-0.4, -0.2) is 89.2 Å².